The number of carbonyl (C=O) groups is 2. The van der Waals surface area contributed by atoms with E-state index in [0.717, 1.165) is 11.1 Å². The van der Waals surface area contributed by atoms with E-state index >= 15 is 0 Å². The van der Waals surface area contributed by atoms with Crippen LogP contribution in [0.1, 0.15) is 63.1 Å². The highest BCUT2D eigenvalue weighted by Crippen LogP contribution is 2.52. The Kier molecular flexibility index (Phi) is 8.25. The topological polar surface area (TPSA) is 46.6 Å². The number of halogens is 2. The predicted molar refractivity (Wildman–Crippen MR) is 133 cm³/mol. The normalized spacial score (nSPS) is 23.8. The van der Waals surface area contributed by atoms with Crippen LogP contribution in [0.25, 0.3) is 0 Å². The number of carbonyl (C=O) groups excluding carboxylic acids is 2. The molecule has 4 nitrogen and oxygen atoms in total. The number of esters is 1. The Morgan fingerprint density at radius 2 is 1.88 bits per heavy atom. The number of hydrogen-bond acceptors (Lipinski definition) is 3. The van der Waals surface area contributed by atoms with Gasteiger partial charge in [-0.15, -0.1) is 6.58 Å². The van der Waals surface area contributed by atoms with Gasteiger partial charge >= 0.3 is 5.97 Å². The van der Waals surface area contributed by atoms with Crippen LogP contribution in [-0.4, -0.2) is 29.4 Å². The molecule has 0 aromatic heterocycles. The van der Waals surface area contributed by atoms with Crippen molar-refractivity contribution in [2.24, 2.45) is 5.41 Å². The Bertz CT molecular complexity index is 1010. The summed E-state index contributed by atoms with van der Waals surface area (Å²) in [4.78, 5) is 28.8. The van der Waals surface area contributed by atoms with Crippen molar-refractivity contribution < 1.29 is 14.3 Å². The summed E-state index contributed by atoms with van der Waals surface area (Å²) >= 11 is 12.5. The molecule has 3 rings (SSSR count). The molecule has 1 heterocycles. The molecule has 0 bridgehead atoms. The van der Waals surface area contributed by atoms with Gasteiger partial charge in [-0.2, -0.15) is 0 Å². The van der Waals surface area contributed by atoms with Crippen molar-refractivity contribution in [3.63, 3.8) is 0 Å². The number of benzene rings is 2. The zero-order valence-electron chi connectivity index (χ0n) is 19.4. The minimum absolute atomic E-state index is 0.0690. The molecule has 1 aliphatic heterocycles. The summed E-state index contributed by atoms with van der Waals surface area (Å²) in [6.45, 7) is 9.78. The Labute approximate surface area is 206 Å². The highest BCUT2D eigenvalue weighted by molar-refractivity contribution is 6.30. The van der Waals surface area contributed by atoms with Gasteiger partial charge in [-0.25, -0.2) is 4.79 Å². The number of allylic oxidation sites excluding steroid dienone is 1. The first-order valence-electron chi connectivity index (χ1n) is 11.4. The van der Waals surface area contributed by atoms with Crippen molar-refractivity contribution in [3.05, 3.63) is 82.4 Å². The van der Waals surface area contributed by atoms with E-state index in [1.807, 2.05) is 62.4 Å². The van der Waals surface area contributed by atoms with Crippen molar-refractivity contribution in [2.45, 2.75) is 58.0 Å². The van der Waals surface area contributed by atoms with Crippen molar-refractivity contribution in [3.8, 4) is 0 Å². The van der Waals surface area contributed by atoms with Gasteiger partial charge in [-0.3, -0.25) is 4.79 Å². The first-order chi connectivity index (χ1) is 15.8. The van der Waals surface area contributed by atoms with E-state index in [0.29, 0.717) is 29.3 Å². The molecule has 1 amide bonds. The average molecular weight is 488 g/mol. The quantitative estimate of drug-likeness (QED) is 0.298. The molecule has 0 saturated carbocycles. The molecule has 2 aromatic rings. The molecule has 4 atom stereocenters. The summed E-state index contributed by atoms with van der Waals surface area (Å²) in [5.41, 5.74) is 1.23. The van der Waals surface area contributed by atoms with E-state index in [9.17, 15) is 9.59 Å². The number of ether oxygens (including phenoxy) is 1. The maximum atomic E-state index is 14.1. The van der Waals surface area contributed by atoms with Crippen LogP contribution in [0.4, 0.5) is 0 Å². The monoisotopic (exact) mass is 487 g/mol. The largest absolute Gasteiger partial charge is 0.464 e. The van der Waals surface area contributed by atoms with Gasteiger partial charge in [0.05, 0.1) is 18.1 Å². The average Bonchev–Trinajstić information content (AvgIpc) is 2.78. The summed E-state index contributed by atoms with van der Waals surface area (Å²) in [5, 5.41) is 1.24. The Morgan fingerprint density at radius 3 is 2.45 bits per heavy atom. The summed E-state index contributed by atoms with van der Waals surface area (Å²) in [5.74, 6) is -0.545. The minimum Gasteiger partial charge on any atom is -0.464 e. The molecule has 1 fully saturated rings. The third-order valence-electron chi connectivity index (χ3n) is 6.47. The molecule has 2 aromatic carbocycles. The predicted octanol–water partition coefficient (Wildman–Crippen LogP) is 6.97. The Morgan fingerprint density at radius 1 is 1.18 bits per heavy atom. The molecule has 0 N–H and O–H groups in total. The number of amides is 1. The van der Waals surface area contributed by atoms with Gasteiger partial charge in [0.2, 0.25) is 5.91 Å². The maximum Gasteiger partial charge on any atom is 0.328 e. The van der Waals surface area contributed by atoms with Crippen molar-refractivity contribution in [2.75, 3.05) is 6.61 Å². The standard InChI is InChI=1S/C27H31Cl2NO3/c1-5-15-27(4)17-22(19-9-8-10-21(29)16-19)24(18-11-13-20(28)14-12-18)30(26(27)32)23(6-2)25(31)33-7-3/h5,8-14,16,22-24H,1,6-7,15,17H2,2-4H3/t22-,23?,24-,27?/m1/s1. The number of hydrogen-bond donors (Lipinski definition) is 0. The second-order valence-electron chi connectivity index (χ2n) is 8.80. The van der Waals surface area contributed by atoms with Crippen LogP contribution in [0.3, 0.4) is 0 Å². The lowest BCUT2D eigenvalue weighted by Gasteiger charge is -2.51. The van der Waals surface area contributed by atoms with Gasteiger partial charge < -0.3 is 9.64 Å². The van der Waals surface area contributed by atoms with Crippen LogP contribution in [0, 0.1) is 5.41 Å². The first kappa shape index (κ1) is 25.3. The SMILES string of the molecule is C=CCC1(C)C[C@H](c2cccc(Cl)c2)[C@@H](c2ccc(Cl)cc2)N(C(CC)C(=O)OCC)C1=O. The number of rotatable bonds is 8. The first-order valence-corrected chi connectivity index (χ1v) is 12.1. The van der Waals surface area contributed by atoms with Crippen LogP contribution < -0.4 is 0 Å². The molecule has 1 saturated heterocycles. The highest BCUT2D eigenvalue weighted by Gasteiger charge is 2.52. The lowest BCUT2D eigenvalue weighted by molar-refractivity contribution is -0.166. The lowest BCUT2D eigenvalue weighted by Crippen LogP contribution is -2.57. The molecule has 176 valence electrons. The summed E-state index contributed by atoms with van der Waals surface area (Å²) in [6, 6.07) is 14.2. The second-order valence-corrected chi connectivity index (χ2v) is 9.68. The number of nitrogens with zero attached hydrogens (tertiary/aromatic N) is 1. The Balaban J connectivity index is 2.24. The van der Waals surface area contributed by atoms with Gasteiger partial charge in [-0.05, 0) is 61.6 Å². The van der Waals surface area contributed by atoms with Crippen LogP contribution in [0.2, 0.25) is 10.0 Å². The van der Waals surface area contributed by atoms with Crippen LogP contribution in [0.5, 0.6) is 0 Å². The van der Waals surface area contributed by atoms with Crippen LogP contribution >= 0.6 is 23.2 Å². The van der Waals surface area contributed by atoms with E-state index in [1.165, 1.54) is 0 Å². The van der Waals surface area contributed by atoms with Gasteiger partial charge in [0.1, 0.15) is 6.04 Å². The van der Waals surface area contributed by atoms with Crippen LogP contribution in [-0.2, 0) is 14.3 Å². The van der Waals surface area contributed by atoms with E-state index in [2.05, 4.69) is 6.58 Å². The fraction of sp³-hybridized carbons (Fsp3) is 0.407. The summed E-state index contributed by atoms with van der Waals surface area (Å²) in [7, 11) is 0. The van der Waals surface area contributed by atoms with E-state index in [4.69, 9.17) is 27.9 Å². The zero-order valence-corrected chi connectivity index (χ0v) is 20.9. The molecular formula is C27H31Cl2NO3. The minimum atomic E-state index is -0.711. The van der Waals surface area contributed by atoms with Gasteiger partial charge in [0, 0.05) is 16.0 Å². The molecule has 2 unspecified atom stereocenters. The number of likely N-dealkylation sites (tertiary alicyclic amines) is 1. The maximum absolute atomic E-state index is 14.1. The van der Waals surface area contributed by atoms with Crippen LogP contribution in [0.15, 0.2) is 61.2 Å². The number of piperidine rings is 1. The molecule has 0 radical (unpaired) electrons. The van der Waals surface area contributed by atoms with E-state index < -0.39 is 11.5 Å². The van der Waals surface area contributed by atoms with Gasteiger partial charge in [0.25, 0.3) is 0 Å². The van der Waals surface area contributed by atoms with Crippen molar-refractivity contribution in [1.29, 1.82) is 0 Å². The molecule has 0 spiro atoms. The van der Waals surface area contributed by atoms with Crippen molar-refractivity contribution >= 4 is 35.1 Å². The lowest BCUT2D eigenvalue weighted by atomic mass is 9.67. The van der Waals surface area contributed by atoms with Gasteiger partial charge in [-0.1, -0.05) is 67.4 Å². The van der Waals surface area contributed by atoms with Crippen molar-refractivity contribution in [1.82, 2.24) is 4.90 Å². The van der Waals surface area contributed by atoms with E-state index in [-0.39, 0.29) is 30.4 Å². The fourth-order valence-corrected chi connectivity index (χ4v) is 5.27. The summed E-state index contributed by atoms with van der Waals surface area (Å²) in [6.07, 6.45) is 3.33. The Hall–Kier alpha value is -2.30. The molecule has 33 heavy (non-hydrogen) atoms. The third kappa shape index (κ3) is 5.28. The molecule has 6 heteroatoms. The summed E-state index contributed by atoms with van der Waals surface area (Å²) < 4.78 is 5.39. The smallest absolute Gasteiger partial charge is 0.328 e. The zero-order chi connectivity index (χ0) is 24.2. The highest BCUT2D eigenvalue weighted by atomic mass is 35.5. The van der Waals surface area contributed by atoms with E-state index in [1.54, 1.807) is 17.9 Å². The van der Waals surface area contributed by atoms with Gasteiger partial charge in [0.15, 0.2) is 0 Å². The molecule has 0 aliphatic carbocycles. The third-order valence-corrected chi connectivity index (χ3v) is 6.95. The molecule has 1 aliphatic rings. The molecular weight excluding hydrogens is 457 g/mol. The fourth-order valence-electron chi connectivity index (χ4n) is 4.95. The second kappa shape index (κ2) is 10.8.